The SMILES string of the molecule is COc1cccc(NC(=O)CN(C)CC(=O)Nc2ccccc2SCC#N)c1. The maximum atomic E-state index is 12.3. The number of methoxy groups -OCH3 is 1. The van der Waals surface area contributed by atoms with Gasteiger partial charge in [-0.2, -0.15) is 5.26 Å². The molecule has 0 unspecified atom stereocenters. The first-order valence-corrected chi connectivity index (χ1v) is 9.51. The van der Waals surface area contributed by atoms with Crippen LogP contribution >= 0.6 is 11.8 Å². The Hall–Kier alpha value is -3.02. The Morgan fingerprint density at radius 1 is 1.11 bits per heavy atom. The summed E-state index contributed by atoms with van der Waals surface area (Å²) < 4.78 is 5.13. The number of rotatable bonds is 9. The van der Waals surface area contributed by atoms with Crippen molar-refractivity contribution in [1.82, 2.24) is 4.90 Å². The van der Waals surface area contributed by atoms with Crippen molar-refractivity contribution in [2.45, 2.75) is 4.90 Å². The normalized spacial score (nSPS) is 10.2. The highest BCUT2D eigenvalue weighted by Gasteiger charge is 2.13. The number of carbonyl (C=O) groups excluding carboxylic acids is 2. The summed E-state index contributed by atoms with van der Waals surface area (Å²) in [5, 5.41) is 14.3. The van der Waals surface area contributed by atoms with Crippen molar-refractivity contribution >= 4 is 35.0 Å². The lowest BCUT2D eigenvalue weighted by Gasteiger charge is -2.17. The molecule has 0 bridgehead atoms. The number of nitrogens with zero attached hydrogens (tertiary/aromatic N) is 2. The van der Waals surface area contributed by atoms with Gasteiger partial charge in [-0.3, -0.25) is 14.5 Å². The molecule has 0 heterocycles. The first-order chi connectivity index (χ1) is 13.5. The molecule has 0 fully saturated rings. The number of nitrogens with one attached hydrogen (secondary N) is 2. The number of hydrogen-bond acceptors (Lipinski definition) is 6. The number of amides is 2. The highest BCUT2D eigenvalue weighted by Crippen LogP contribution is 2.26. The van der Waals surface area contributed by atoms with E-state index < -0.39 is 0 Å². The van der Waals surface area contributed by atoms with E-state index in [1.165, 1.54) is 11.8 Å². The van der Waals surface area contributed by atoms with Gasteiger partial charge in [0.25, 0.3) is 0 Å². The van der Waals surface area contributed by atoms with Crippen molar-refractivity contribution in [1.29, 1.82) is 5.26 Å². The molecule has 0 radical (unpaired) electrons. The summed E-state index contributed by atoms with van der Waals surface area (Å²) in [4.78, 5) is 26.9. The molecule has 7 nitrogen and oxygen atoms in total. The van der Waals surface area contributed by atoms with E-state index in [0.29, 0.717) is 22.9 Å². The molecule has 2 aromatic carbocycles. The van der Waals surface area contributed by atoms with Crippen LogP contribution in [0, 0.1) is 11.3 Å². The summed E-state index contributed by atoms with van der Waals surface area (Å²) in [7, 11) is 3.26. The lowest BCUT2D eigenvalue weighted by Crippen LogP contribution is -2.36. The Morgan fingerprint density at radius 2 is 1.82 bits per heavy atom. The predicted molar refractivity (Wildman–Crippen MR) is 111 cm³/mol. The van der Waals surface area contributed by atoms with Gasteiger partial charge in [-0.1, -0.05) is 18.2 Å². The Balaban J connectivity index is 1.85. The Kier molecular flexibility index (Phi) is 8.34. The number of thioether (sulfide) groups is 1. The van der Waals surface area contributed by atoms with E-state index in [0.717, 1.165) is 4.90 Å². The van der Waals surface area contributed by atoms with Crippen LogP contribution in [-0.4, -0.2) is 49.7 Å². The second-order valence-electron chi connectivity index (χ2n) is 5.94. The molecule has 146 valence electrons. The molecule has 0 saturated heterocycles. The summed E-state index contributed by atoms with van der Waals surface area (Å²) in [6.45, 7) is 0.123. The molecule has 0 aromatic heterocycles. The summed E-state index contributed by atoms with van der Waals surface area (Å²) in [6, 6.07) is 16.4. The van der Waals surface area contributed by atoms with E-state index in [-0.39, 0.29) is 24.9 Å². The Morgan fingerprint density at radius 3 is 2.54 bits per heavy atom. The fraction of sp³-hybridized carbons (Fsp3) is 0.250. The molecule has 0 aliphatic rings. The van der Waals surface area contributed by atoms with E-state index in [9.17, 15) is 9.59 Å². The van der Waals surface area contributed by atoms with Crippen molar-refractivity contribution < 1.29 is 14.3 Å². The van der Waals surface area contributed by atoms with Crippen LogP contribution in [0.2, 0.25) is 0 Å². The standard InChI is InChI=1S/C20H22N4O3S/c1-24(13-19(25)22-15-6-5-7-16(12-15)27-2)14-20(26)23-17-8-3-4-9-18(17)28-11-10-21/h3-9,12H,11,13-14H2,1-2H3,(H,22,25)(H,23,26). The van der Waals surface area contributed by atoms with Gasteiger partial charge in [-0.05, 0) is 31.3 Å². The third kappa shape index (κ3) is 6.95. The van der Waals surface area contributed by atoms with Gasteiger partial charge in [-0.25, -0.2) is 0 Å². The molecule has 0 aliphatic carbocycles. The average molecular weight is 398 g/mol. The molecule has 28 heavy (non-hydrogen) atoms. The fourth-order valence-electron chi connectivity index (χ4n) is 2.44. The van der Waals surface area contributed by atoms with E-state index >= 15 is 0 Å². The summed E-state index contributed by atoms with van der Waals surface area (Å²) in [5.41, 5.74) is 1.28. The summed E-state index contributed by atoms with van der Waals surface area (Å²) >= 11 is 1.36. The van der Waals surface area contributed by atoms with Gasteiger partial charge >= 0.3 is 0 Å². The molecule has 0 saturated carbocycles. The van der Waals surface area contributed by atoms with Gasteiger partial charge in [0.2, 0.25) is 11.8 Å². The minimum atomic E-state index is -0.235. The summed E-state index contributed by atoms with van der Waals surface area (Å²) in [6.07, 6.45) is 0. The molecule has 2 aromatic rings. The number of carbonyl (C=O) groups is 2. The maximum absolute atomic E-state index is 12.3. The van der Waals surface area contributed by atoms with Crippen molar-refractivity contribution in [3.05, 3.63) is 48.5 Å². The van der Waals surface area contributed by atoms with E-state index in [1.807, 2.05) is 18.2 Å². The molecule has 0 spiro atoms. The number of ether oxygens (including phenoxy) is 1. The lowest BCUT2D eigenvalue weighted by molar-refractivity contribution is -0.119. The third-order valence-electron chi connectivity index (χ3n) is 3.63. The molecule has 2 N–H and O–H groups in total. The zero-order valence-corrected chi connectivity index (χ0v) is 16.6. The highest BCUT2D eigenvalue weighted by molar-refractivity contribution is 7.99. The monoisotopic (exact) mass is 398 g/mol. The highest BCUT2D eigenvalue weighted by atomic mass is 32.2. The molecular weight excluding hydrogens is 376 g/mol. The number of nitriles is 1. The second-order valence-corrected chi connectivity index (χ2v) is 6.96. The minimum Gasteiger partial charge on any atom is -0.497 e. The number of anilines is 2. The van der Waals surface area contributed by atoms with Crippen LogP contribution in [0.1, 0.15) is 0 Å². The van der Waals surface area contributed by atoms with E-state index in [2.05, 4.69) is 16.7 Å². The second kappa shape index (κ2) is 11.0. The number of para-hydroxylation sites is 1. The van der Waals surface area contributed by atoms with Crippen molar-refractivity contribution in [3.63, 3.8) is 0 Å². The first-order valence-electron chi connectivity index (χ1n) is 8.53. The van der Waals surface area contributed by atoms with E-state index in [1.54, 1.807) is 49.4 Å². The van der Waals surface area contributed by atoms with Crippen LogP contribution in [0.3, 0.4) is 0 Å². The fourth-order valence-corrected chi connectivity index (χ4v) is 3.11. The Bertz CT molecular complexity index is 867. The van der Waals surface area contributed by atoms with Gasteiger partial charge in [0.05, 0.1) is 37.7 Å². The maximum Gasteiger partial charge on any atom is 0.238 e. The van der Waals surface area contributed by atoms with Crippen LogP contribution in [-0.2, 0) is 9.59 Å². The zero-order valence-electron chi connectivity index (χ0n) is 15.8. The lowest BCUT2D eigenvalue weighted by atomic mass is 10.3. The Labute approximate surface area is 168 Å². The van der Waals surface area contributed by atoms with Gasteiger partial charge in [-0.15, -0.1) is 11.8 Å². The number of likely N-dealkylation sites (N-methyl/N-ethyl adjacent to an activating group) is 1. The van der Waals surface area contributed by atoms with Crippen LogP contribution in [0.15, 0.2) is 53.4 Å². The van der Waals surface area contributed by atoms with Gasteiger partial charge in [0.15, 0.2) is 0 Å². The van der Waals surface area contributed by atoms with Crippen molar-refractivity contribution in [2.24, 2.45) is 0 Å². The quantitative estimate of drug-likeness (QED) is 0.631. The molecular formula is C20H22N4O3S. The first kappa shape index (κ1) is 21.3. The summed E-state index contributed by atoms with van der Waals surface area (Å²) in [5.74, 6) is 0.491. The van der Waals surface area contributed by atoms with Crippen molar-refractivity contribution in [3.8, 4) is 11.8 Å². The van der Waals surface area contributed by atoms with Gasteiger partial charge in [0, 0.05) is 16.6 Å². The van der Waals surface area contributed by atoms with Gasteiger partial charge in [0.1, 0.15) is 5.75 Å². The largest absolute Gasteiger partial charge is 0.497 e. The molecule has 2 rings (SSSR count). The molecule has 2 amide bonds. The van der Waals surface area contributed by atoms with Crippen LogP contribution in [0.25, 0.3) is 0 Å². The third-order valence-corrected chi connectivity index (χ3v) is 4.57. The van der Waals surface area contributed by atoms with Crippen LogP contribution < -0.4 is 15.4 Å². The van der Waals surface area contributed by atoms with Crippen LogP contribution in [0.4, 0.5) is 11.4 Å². The van der Waals surface area contributed by atoms with Gasteiger partial charge < -0.3 is 15.4 Å². The topological polar surface area (TPSA) is 94.5 Å². The average Bonchev–Trinajstić information content (AvgIpc) is 2.67. The van der Waals surface area contributed by atoms with E-state index in [4.69, 9.17) is 10.00 Å². The zero-order chi connectivity index (χ0) is 20.4. The minimum absolute atomic E-state index is 0.0583. The number of benzene rings is 2. The van der Waals surface area contributed by atoms with Crippen molar-refractivity contribution in [2.75, 3.05) is 43.6 Å². The smallest absolute Gasteiger partial charge is 0.238 e. The van der Waals surface area contributed by atoms with Crippen LogP contribution in [0.5, 0.6) is 5.75 Å². The molecule has 0 atom stereocenters. The molecule has 8 heteroatoms. The molecule has 0 aliphatic heterocycles. The predicted octanol–water partition coefficient (Wildman–Crippen LogP) is 2.82. The number of hydrogen-bond donors (Lipinski definition) is 2.